The summed E-state index contributed by atoms with van der Waals surface area (Å²) in [7, 11) is -3.96. The molecule has 1 unspecified atom stereocenters. The molecule has 2 aromatic rings. The number of amides is 2. The quantitative estimate of drug-likeness (QED) is 0.552. The fourth-order valence-electron chi connectivity index (χ4n) is 3.32. The summed E-state index contributed by atoms with van der Waals surface area (Å²) in [6, 6.07) is 10.5. The molecule has 1 heterocycles. The molecule has 1 atom stereocenters. The number of hydrogen-bond acceptors (Lipinski definition) is 5. The molecular formula is C21H23Cl2N3O5S2. The van der Waals surface area contributed by atoms with Crippen LogP contribution in [0.15, 0.2) is 47.4 Å². The Hall–Kier alpha value is -1.98. The SMILES string of the molecule is CC(=O)N1CCN(C(=O)C[S+]([O-])Cc2ccccc2NS(=O)(=O)c2ccc(Cl)c(Cl)c2)CC1. The molecule has 0 radical (unpaired) electrons. The van der Waals surface area contributed by atoms with Crippen LogP contribution in [0.4, 0.5) is 5.69 Å². The first-order valence-electron chi connectivity index (χ1n) is 10.0. The van der Waals surface area contributed by atoms with Gasteiger partial charge in [0, 0.05) is 38.7 Å². The molecule has 1 aliphatic heterocycles. The largest absolute Gasteiger partial charge is 0.616 e. The number of carbonyl (C=O) groups excluding carboxylic acids is 2. The van der Waals surface area contributed by atoms with E-state index in [1.807, 2.05) is 0 Å². The zero-order chi connectivity index (χ0) is 24.2. The van der Waals surface area contributed by atoms with Crippen molar-refractivity contribution in [1.29, 1.82) is 0 Å². The van der Waals surface area contributed by atoms with E-state index in [2.05, 4.69) is 4.72 Å². The minimum atomic E-state index is -3.96. The minimum absolute atomic E-state index is 0.000776. The Morgan fingerprint density at radius 2 is 1.67 bits per heavy atom. The van der Waals surface area contributed by atoms with E-state index < -0.39 is 21.2 Å². The second kappa shape index (κ2) is 11.0. The van der Waals surface area contributed by atoms with Crippen LogP contribution in [-0.2, 0) is 36.5 Å². The van der Waals surface area contributed by atoms with Crippen molar-refractivity contribution in [1.82, 2.24) is 9.80 Å². The molecule has 8 nitrogen and oxygen atoms in total. The lowest BCUT2D eigenvalue weighted by molar-refractivity contribution is -0.136. The van der Waals surface area contributed by atoms with E-state index in [0.717, 1.165) is 0 Å². The zero-order valence-corrected chi connectivity index (χ0v) is 20.9. The first-order valence-corrected chi connectivity index (χ1v) is 13.7. The van der Waals surface area contributed by atoms with E-state index in [1.54, 1.807) is 34.1 Å². The number of benzene rings is 2. The lowest BCUT2D eigenvalue weighted by atomic mass is 10.2. The van der Waals surface area contributed by atoms with Gasteiger partial charge in [0.1, 0.15) is 5.75 Å². The van der Waals surface area contributed by atoms with Crippen LogP contribution in [0, 0.1) is 0 Å². The van der Waals surface area contributed by atoms with Crippen molar-refractivity contribution in [2.45, 2.75) is 17.6 Å². The van der Waals surface area contributed by atoms with Crippen LogP contribution in [0.25, 0.3) is 0 Å². The third-order valence-electron chi connectivity index (χ3n) is 5.14. The number of carbonyl (C=O) groups is 2. The van der Waals surface area contributed by atoms with Crippen LogP contribution >= 0.6 is 23.2 Å². The van der Waals surface area contributed by atoms with Gasteiger partial charge in [0.15, 0.2) is 5.75 Å². The van der Waals surface area contributed by atoms with Crippen LogP contribution in [0.1, 0.15) is 12.5 Å². The van der Waals surface area contributed by atoms with Crippen molar-refractivity contribution in [2.24, 2.45) is 0 Å². The zero-order valence-electron chi connectivity index (χ0n) is 17.8. The molecule has 2 amide bonds. The Balaban J connectivity index is 1.65. The Bertz CT molecular complexity index is 1140. The van der Waals surface area contributed by atoms with E-state index in [4.69, 9.17) is 23.2 Å². The second-order valence-corrected chi connectivity index (χ2v) is 11.4. The van der Waals surface area contributed by atoms with E-state index >= 15 is 0 Å². The third-order valence-corrected chi connectivity index (χ3v) is 8.45. The van der Waals surface area contributed by atoms with Gasteiger partial charge in [0.2, 0.25) is 5.91 Å². The molecule has 1 aliphatic rings. The molecule has 0 aliphatic carbocycles. The van der Waals surface area contributed by atoms with Crippen molar-refractivity contribution < 1.29 is 22.6 Å². The van der Waals surface area contributed by atoms with Gasteiger partial charge in [-0.3, -0.25) is 14.3 Å². The molecule has 0 bridgehead atoms. The summed E-state index contributed by atoms with van der Waals surface area (Å²) >= 11 is 10.2. The first-order chi connectivity index (χ1) is 15.6. The normalized spacial score (nSPS) is 15.3. The summed E-state index contributed by atoms with van der Waals surface area (Å²) < 4.78 is 40.8. The fraction of sp³-hybridized carbons (Fsp3) is 0.333. The summed E-state index contributed by atoms with van der Waals surface area (Å²) in [4.78, 5) is 27.1. The highest BCUT2D eigenvalue weighted by molar-refractivity contribution is 7.92. The third kappa shape index (κ3) is 6.77. The summed E-state index contributed by atoms with van der Waals surface area (Å²) in [6.45, 7) is 3.19. The number of para-hydroxylation sites is 1. The monoisotopic (exact) mass is 531 g/mol. The van der Waals surface area contributed by atoms with Crippen LogP contribution in [0.2, 0.25) is 10.0 Å². The van der Waals surface area contributed by atoms with Gasteiger partial charge in [0.05, 0.1) is 20.6 Å². The molecule has 0 spiro atoms. The molecular weight excluding hydrogens is 509 g/mol. The smallest absolute Gasteiger partial charge is 0.272 e. The van der Waals surface area contributed by atoms with Crippen molar-refractivity contribution in [3.8, 4) is 0 Å². The van der Waals surface area contributed by atoms with Crippen molar-refractivity contribution in [2.75, 3.05) is 36.7 Å². The molecule has 0 saturated carbocycles. The van der Waals surface area contributed by atoms with E-state index in [-0.39, 0.29) is 43.9 Å². The van der Waals surface area contributed by atoms with Gasteiger partial charge in [-0.2, -0.15) is 0 Å². The second-order valence-electron chi connectivity index (χ2n) is 7.45. The average Bonchev–Trinajstić information content (AvgIpc) is 2.76. The fourth-order valence-corrected chi connectivity index (χ4v) is 5.97. The van der Waals surface area contributed by atoms with Gasteiger partial charge >= 0.3 is 0 Å². The van der Waals surface area contributed by atoms with Crippen LogP contribution < -0.4 is 4.72 Å². The summed E-state index contributed by atoms with van der Waals surface area (Å²) in [6.07, 6.45) is 0. The van der Waals surface area contributed by atoms with Crippen molar-refractivity contribution >= 4 is 61.9 Å². The topological polar surface area (TPSA) is 110 Å². The predicted octanol–water partition coefficient (Wildman–Crippen LogP) is 2.73. The first kappa shape index (κ1) is 25.6. The number of rotatable bonds is 7. The number of sulfonamides is 1. The minimum Gasteiger partial charge on any atom is -0.616 e. The highest BCUT2D eigenvalue weighted by Gasteiger charge is 2.26. The number of halogens is 2. The van der Waals surface area contributed by atoms with Crippen LogP contribution in [0.3, 0.4) is 0 Å². The van der Waals surface area contributed by atoms with Crippen molar-refractivity contribution in [3.63, 3.8) is 0 Å². The van der Waals surface area contributed by atoms with Crippen LogP contribution in [0.5, 0.6) is 0 Å². The molecule has 33 heavy (non-hydrogen) atoms. The number of nitrogens with one attached hydrogen (secondary N) is 1. The van der Waals surface area contributed by atoms with Gasteiger partial charge in [-0.25, -0.2) is 8.42 Å². The number of nitrogens with zero attached hydrogens (tertiary/aromatic N) is 2. The van der Waals surface area contributed by atoms with Gasteiger partial charge < -0.3 is 14.4 Å². The Morgan fingerprint density at radius 1 is 1.03 bits per heavy atom. The summed E-state index contributed by atoms with van der Waals surface area (Å²) in [5.41, 5.74) is 0.758. The maximum atomic E-state index is 12.8. The maximum absolute atomic E-state index is 12.8. The molecule has 178 valence electrons. The number of hydrogen-bond donors (Lipinski definition) is 1. The molecule has 1 saturated heterocycles. The van der Waals surface area contributed by atoms with Gasteiger partial charge in [0.25, 0.3) is 15.9 Å². The molecule has 0 aromatic heterocycles. The van der Waals surface area contributed by atoms with Gasteiger partial charge in [-0.05, 0) is 35.4 Å². The molecule has 1 fully saturated rings. The standard InChI is InChI=1S/C21H23Cl2N3O5S2/c1-15(27)25-8-10-26(11-9-25)21(28)14-32(29)13-16-4-2-3-5-20(16)24-33(30,31)17-6-7-18(22)19(23)12-17/h2-7,12,24H,8-11,13-14H2,1H3. The highest BCUT2D eigenvalue weighted by Crippen LogP contribution is 2.27. The lowest BCUT2D eigenvalue weighted by Crippen LogP contribution is -2.51. The average molecular weight is 532 g/mol. The summed E-state index contributed by atoms with van der Waals surface area (Å²) in [5, 5.41) is 0.343. The van der Waals surface area contributed by atoms with Crippen LogP contribution in [-0.4, -0.2) is 66.5 Å². The lowest BCUT2D eigenvalue weighted by Gasteiger charge is -2.34. The Kier molecular flexibility index (Phi) is 8.52. The molecule has 1 N–H and O–H groups in total. The van der Waals surface area contributed by atoms with E-state index in [1.165, 1.54) is 25.1 Å². The Labute approximate surface area is 206 Å². The van der Waals surface area contributed by atoms with Gasteiger partial charge in [-0.15, -0.1) is 0 Å². The molecule has 3 rings (SSSR count). The van der Waals surface area contributed by atoms with Gasteiger partial charge in [-0.1, -0.05) is 41.4 Å². The van der Waals surface area contributed by atoms with E-state index in [9.17, 15) is 22.6 Å². The number of anilines is 1. The van der Waals surface area contributed by atoms with Crippen molar-refractivity contribution in [3.05, 3.63) is 58.1 Å². The van der Waals surface area contributed by atoms with E-state index in [0.29, 0.717) is 31.7 Å². The molecule has 12 heteroatoms. The number of piperazine rings is 1. The molecule has 2 aromatic carbocycles. The Morgan fingerprint density at radius 3 is 2.30 bits per heavy atom. The predicted molar refractivity (Wildman–Crippen MR) is 129 cm³/mol. The summed E-state index contributed by atoms with van der Waals surface area (Å²) in [5.74, 6) is -0.483. The highest BCUT2D eigenvalue weighted by atomic mass is 35.5. The maximum Gasteiger partial charge on any atom is 0.272 e.